The highest BCUT2D eigenvalue weighted by molar-refractivity contribution is 5.99. The highest BCUT2D eigenvalue weighted by Crippen LogP contribution is 2.30. The Hall–Kier alpha value is -3.42. The third kappa shape index (κ3) is 3.94. The molecule has 1 saturated heterocycles. The number of piperidine rings is 1. The van der Waals surface area contributed by atoms with Gasteiger partial charge in [0.15, 0.2) is 0 Å². The molecule has 0 aliphatic carbocycles. The van der Waals surface area contributed by atoms with Gasteiger partial charge in [0, 0.05) is 56.0 Å². The van der Waals surface area contributed by atoms with Crippen molar-refractivity contribution in [1.82, 2.24) is 24.8 Å². The molecule has 0 saturated carbocycles. The van der Waals surface area contributed by atoms with Gasteiger partial charge < -0.3 is 20.1 Å². The third-order valence-corrected chi connectivity index (χ3v) is 6.95. The molecule has 5 rings (SSSR count). The van der Waals surface area contributed by atoms with Crippen LogP contribution in [-0.4, -0.2) is 63.2 Å². The van der Waals surface area contributed by atoms with Gasteiger partial charge in [-0.05, 0) is 43.9 Å². The minimum atomic E-state index is -0.0113. The van der Waals surface area contributed by atoms with Crippen molar-refractivity contribution in [3.8, 4) is 0 Å². The number of aryl methyl sites for hydroxylation is 1. The molecule has 1 fully saturated rings. The fraction of sp³-hybridized carbons (Fsp3) is 0.440. The van der Waals surface area contributed by atoms with Crippen LogP contribution in [0, 0.1) is 6.92 Å². The number of aromatic nitrogens is 3. The van der Waals surface area contributed by atoms with E-state index in [2.05, 4.69) is 23.3 Å². The van der Waals surface area contributed by atoms with Crippen molar-refractivity contribution in [2.45, 2.75) is 45.6 Å². The molecule has 1 aromatic carbocycles. The van der Waals surface area contributed by atoms with Gasteiger partial charge in [-0.3, -0.25) is 9.59 Å². The topological polar surface area (TPSA) is 94.2 Å². The van der Waals surface area contributed by atoms with Crippen LogP contribution in [0.15, 0.2) is 24.3 Å². The number of aromatic amines is 1. The predicted octanol–water partition coefficient (Wildman–Crippen LogP) is 3.23. The van der Waals surface area contributed by atoms with E-state index < -0.39 is 0 Å². The van der Waals surface area contributed by atoms with E-state index in [1.807, 2.05) is 35.0 Å². The molecule has 0 radical (unpaired) electrons. The first kappa shape index (κ1) is 21.4. The fourth-order valence-electron chi connectivity index (χ4n) is 5.08. The number of nitrogens with one attached hydrogen (secondary N) is 2. The highest BCUT2D eigenvalue weighted by atomic mass is 16.2. The Morgan fingerprint density at radius 1 is 1.18 bits per heavy atom. The van der Waals surface area contributed by atoms with Crippen molar-refractivity contribution < 1.29 is 9.59 Å². The Morgan fingerprint density at radius 3 is 2.79 bits per heavy atom. The summed E-state index contributed by atoms with van der Waals surface area (Å²) in [5.41, 5.74) is 4.71. The maximum Gasteiger partial charge on any atom is 0.270 e. The van der Waals surface area contributed by atoms with Crippen LogP contribution in [0.2, 0.25) is 0 Å². The van der Waals surface area contributed by atoms with E-state index >= 15 is 0 Å². The number of hydrogen-bond donors (Lipinski definition) is 2. The molecule has 2 N–H and O–H groups in total. The maximum absolute atomic E-state index is 13.3. The van der Waals surface area contributed by atoms with E-state index in [1.165, 1.54) is 0 Å². The number of H-pyrrole nitrogens is 1. The first-order valence-electron chi connectivity index (χ1n) is 11.6. The quantitative estimate of drug-likeness (QED) is 0.644. The number of likely N-dealkylation sites (tertiary alicyclic amines) is 1. The summed E-state index contributed by atoms with van der Waals surface area (Å²) in [5, 5.41) is 4.30. The lowest BCUT2D eigenvalue weighted by Gasteiger charge is -2.33. The number of rotatable bonds is 3. The molecule has 2 aliphatic rings. The van der Waals surface area contributed by atoms with Gasteiger partial charge in [0.25, 0.3) is 5.91 Å². The zero-order valence-corrected chi connectivity index (χ0v) is 19.4. The van der Waals surface area contributed by atoms with Gasteiger partial charge in [0.05, 0.1) is 12.2 Å². The number of carbonyl (C=O) groups excluding carboxylic acids is 2. The third-order valence-electron chi connectivity index (χ3n) is 6.95. The van der Waals surface area contributed by atoms with Gasteiger partial charge >= 0.3 is 0 Å². The summed E-state index contributed by atoms with van der Waals surface area (Å²) >= 11 is 0. The van der Waals surface area contributed by atoms with Gasteiger partial charge in [0.1, 0.15) is 17.3 Å². The molecule has 2 amide bonds. The summed E-state index contributed by atoms with van der Waals surface area (Å²) in [5.74, 6) is 1.80. The second-order valence-corrected chi connectivity index (χ2v) is 9.11. The average molecular weight is 447 g/mol. The van der Waals surface area contributed by atoms with Gasteiger partial charge in [0.2, 0.25) is 5.91 Å². The SMILES string of the molecule is CNc1nc([C@@H]2CCCN(C(C)=O)C2)nc2c1CCN(C(=O)c1cc3c(C)cccc3[nH]1)C2. The molecule has 172 valence electrons. The molecule has 0 spiro atoms. The number of anilines is 1. The fourth-order valence-corrected chi connectivity index (χ4v) is 5.08. The van der Waals surface area contributed by atoms with Crippen molar-refractivity contribution in [3.05, 3.63) is 52.6 Å². The van der Waals surface area contributed by atoms with Crippen LogP contribution in [0.1, 0.15) is 58.8 Å². The highest BCUT2D eigenvalue weighted by Gasteiger charge is 2.30. The second kappa shape index (κ2) is 8.50. The van der Waals surface area contributed by atoms with Crippen LogP contribution in [-0.2, 0) is 17.8 Å². The van der Waals surface area contributed by atoms with Gasteiger partial charge in [-0.1, -0.05) is 12.1 Å². The maximum atomic E-state index is 13.3. The summed E-state index contributed by atoms with van der Waals surface area (Å²) in [4.78, 5) is 42.0. The smallest absolute Gasteiger partial charge is 0.270 e. The Kier molecular flexibility index (Phi) is 5.52. The van der Waals surface area contributed by atoms with E-state index in [4.69, 9.17) is 9.97 Å². The van der Waals surface area contributed by atoms with Crippen molar-refractivity contribution in [2.24, 2.45) is 0 Å². The van der Waals surface area contributed by atoms with E-state index in [9.17, 15) is 9.59 Å². The molecule has 8 nitrogen and oxygen atoms in total. The molecular formula is C25H30N6O2. The van der Waals surface area contributed by atoms with E-state index in [-0.39, 0.29) is 17.7 Å². The second-order valence-electron chi connectivity index (χ2n) is 9.11. The largest absolute Gasteiger partial charge is 0.373 e. The molecule has 4 heterocycles. The normalized spacial score (nSPS) is 18.3. The zero-order chi connectivity index (χ0) is 23.1. The molecule has 33 heavy (non-hydrogen) atoms. The van der Waals surface area contributed by atoms with Crippen molar-refractivity contribution >= 4 is 28.5 Å². The van der Waals surface area contributed by atoms with Gasteiger partial charge in [-0.25, -0.2) is 9.97 Å². The number of hydrogen-bond acceptors (Lipinski definition) is 5. The van der Waals surface area contributed by atoms with Crippen LogP contribution in [0.5, 0.6) is 0 Å². The molecule has 0 unspecified atom stereocenters. The van der Waals surface area contributed by atoms with E-state index in [1.54, 1.807) is 6.92 Å². The summed E-state index contributed by atoms with van der Waals surface area (Å²) in [6.07, 6.45) is 2.62. The summed E-state index contributed by atoms with van der Waals surface area (Å²) in [7, 11) is 1.87. The number of nitrogens with zero attached hydrogens (tertiary/aromatic N) is 4. The summed E-state index contributed by atoms with van der Waals surface area (Å²) in [6.45, 7) is 6.19. The molecule has 3 aromatic rings. The van der Waals surface area contributed by atoms with Crippen LogP contribution >= 0.6 is 0 Å². The van der Waals surface area contributed by atoms with Crippen molar-refractivity contribution in [2.75, 3.05) is 32.0 Å². The lowest BCUT2D eigenvalue weighted by molar-refractivity contribution is -0.130. The minimum Gasteiger partial charge on any atom is -0.373 e. The van der Waals surface area contributed by atoms with Crippen molar-refractivity contribution in [1.29, 1.82) is 0 Å². The average Bonchev–Trinajstić information content (AvgIpc) is 3.28. The standard InChI is InChI=1S/C25H30N6O2/c1-15-6-4-8-20-19(15)12-21(27-20)25(33)31-11-9-18-22(14-31)28-23(29-24(18)26-3)17-7-5-10-30(13-17)16(2)32/h4,6,8,12,17,27H,5,7,9-11,13-14H2,1-3H3,(H,26,28,29)/t17-/m1/s1. The molecule has 0 bridgehead atoms. The van der Waals surface area contributed by atoms with Gasteiger partial charge in [-0.15, -0.1) is 0 Å². The van der Waals surface area contributed by atoms with Crippen LogP contribution in [0.3, 0.4) is 0 Å². The lowest BCUT2D eigenvalue weighted by Crippen LogP contribution is -2.39. The molecular weight excluding hydrogens is 416 g/mol. The number of fused-ring (bicyclic) bond motifs is 2. The molecule has 8 heteroatoms. The van der Waals surface area contributed by atoms with Crippen LogP contribution in [0.25, 0.3) is 10.9 Å². The molecule has 1 atom stereocenters. The van der Waals surface area contributed by atoms with Crippen LogP contribution < -0.4 is 5.32 Å². The number of carbonyl (C=O) groups is 2. The van der Waals surface area contributed by atoms with Gasteiger partial charge in [-0.2, -0.15) is 0 Å². The first-order valence-corrected chi connectivity index (χ1v) is 11.6. The van der Waals surface area contributed by atoms with Crippen LogP contribution in [0.4, 0.5) is 5.82 Å². The van der Waals surface area contributed by atoms with Crippen molar-refractivity contribution in [3.63, 3.8) is 0 Å². The Bertz CT molecular complexity index is 1230. The lowest BCUT2D eigenvalue weighted by atomic mass is 9.96. The number of amides is 2. The zero-order valence-electron chi connectivity index (χ0n) is 19.4. The van der Waals surface area contributed by atoms with E-state index in [0.717, 1.165) is 58.8 Å². The number of benzene rings is 1. The monoisotopic (exact) mass is 446 g/mol. The first-order chi connectivity index (χ1) is 15.9. The Balaban J connectivity index is 1.42. The molecule has 2 aromatic heterocycles. The summed E-state index contributed by atoms with van der Waals surface area (Å²) < 4.78 is 0. The van der Waals surface area contributed by atoms with E-state index in [0.29, 0.717) is 31.7 Å². The minimum absolute atomic E-state index is 0.0113. The molecule has 2 aliphatic heterocycles. The Labute approximate surface area is 193 Å². The Morgan fingerprint density at radius 2 is 2.03 bits per heavy atom. The predicted molar refractivity (Wildman–Crippen MR) is 127 cm³/mol. The summed E-state index contributed by atoms with van der Waals surface area (Å²) in [6, 6.07) is 8.00.